The van der Waals surface area contributed by atoms with E-state index >= 15 is 0 Å². The smallest absolute Gasteiger partial charge is 0.175 e. The molecule has 0 saturated carbocycles. The summed E-state index contributed by atoms with van der Waals surface area (Å²) in [5.74, 6) is 0.855. The standard InChI is InChI=1S/C21H22N6O3S.CH3B/c1-14-13-30-11-10-26(14)19-7-6-18-21(23-19)20(17-8-9-22-24-17)25-27(18)15-4-3-5-16(12-15)31(2,28)29;1-2/h3-9,12,14H,10-11,13H2,1-2H3,(H,22,24);1H3. The lowest BCUT2D eigenvalue weighted by Crippen LogP contribution is -2.44. The number of nitrogens with zero attached hydrogens (tertiary/aromatic N) is 5. The molecule has 1 atom stereocenters. The first-order valence-corrected chi connectivity index (χ1v) is 12.4. The molecule has 0 bridgehead atoms. The van der Waals surface area contributed by atoms with Crippen LogP contribution in [0.25, 0.3) is 28.1 Å². The van der Waals surface area contributed by atoms with Crippen LogP contribution in [0, 0.1) is 0 Å². The summed E-state index contributed by atoms with van der Waals surface area (Å²) >= 11 is 0. The van der Waals surface area contributed by atoms with Crippen LogP contribution < -0.4 is 4.90 Å². The van der Waals surface area contributed by atoms with Gasteiger partial charge in [0.1, 0.15) is 17.0 Å². The summed E-state index contributed by atoms with van der Waals surface area (Å²) in [6, 6.07) is 12.7. The van der Waals surface area contributed by atoms with Crippen molar-refractivity contribution in [2.75, 3.05) is 30.9 Å². The average Bonchev–Trinajstić information content (AvgIpc) is 3.48. The van der Waals surface area contributed by atoms with Gasteiger partial charge in [-0.1, -0.05) is 12.9 Å². The molecular weight excluding hydrogens is 439 g/mol. The first kappa shape index (κ1) is 23.0. The van der Waals surface area contributed by atoms with Crippen molar-refractivity contribution in [3.63, 3.8) is 0 Å². The van der Waals surface area contributed by atoms with Crippen LogP contribution in [-0.2, 0) is 14.6 Å². The van der Waals surface area contributed by atoms with E-state index in [0.717, 1.165) is 23.6 Å². The Bertz CT molecular complexity index is 1350. The third-order valence-electron chi connectivity index (χ3n) is 5.42. The maximum Gasteiger partial charge on any atom is 0.175 e. The van der Waals surface area contributed by atoms with Crippen molar-refractivity contribution in [3.05, 3.63) is 48.7 Å². The molecular formula is C22H25BN6O3S. The second-order valence-electron chi connectivity index (χ2n) is 7.65. The van der Waals surface area contributed by atoms with Crippen molar-refractivity contribution >= 4 is 34.5 Å². The number of aromatic amines is 1. The van der Waals surface area contributed by atoms with Gasteiger partial charge in [0, 0.05) is 19.0 Å². The van der Waals surface area contributed by atoms with E-state index in [4.69, 9.17) is 14.8 Å². The van der Waals surface area contributed by atoms with E-state index in [1.165, 1.54) is 13.1 Å². The van der Waals surface area contributed by atoms with Crippen molar-refractivity contribution in [2.45, 2.75) is 24.7 Å². The number of hydrogen-bond acceptors (Lipinski definition) is 7. The molecule has 170 valence electrons. The molecule has 33 heavy (non-hydrogen) atoms. The maximum atomic E-state index is 12.1. The highest BCUT2D eigenvalue weighted by Gasteiger charge is 2.23. The molecule has 9 nitrogen and oxygen atoms in total. The first-order valence-electron chi connectivity index (χ1n) is 10.5. The van der Waals surface area contributed by atoms with Gasteiger partial charge in [-0.3, -0.25) is 5.10 Å². The minimum atomic E-state index is -3.34. The Morgan fingerprint density at radius 2 is 2.00 bits per heavy atom. The topological polar surface area (TPSA) is 106 Å². The molecule has 0 amide bonds. The quantitative estimate of drug-likeness (QED) is 0.463. The van der Waals surface area contributed by atoms with E-state index < -0.39 is 9.84 Å². The van der Waals surface area contributed by atoms with E-state index in [9.17, 15) is 8.42 Å². The molecule has 2 radical (unpaired) electrons. The zero-order valence-electron chi connectivity index (χ0n) is 18.8. The number of hydrogen-bond donors (Lipinski definition) is 1. The van der Waals surface area contributed by atoms with Crippen LogP contribution in [0.15, 0.2) is 53.6 Å². The molecule has 1 aliphatic heterocycles. The molecule has 4 aromatic rings. The van der Waals surface area contributed by atoms with Crippen LogP contribution in [0.1, 0.15) is 6.92 Å². The fourth-order valence-corrected chi connectivity index (χ4v) is 4.49. The van der Waals surface area contributed by atoms with Crippen LogP contribution >= 0.6 is 0 Å². The van der Waals surface area contributed by atoms with E-state index in [2.05, 4.69) is 29.9 Å². The Kier molecular flexibility index (Phi) is 6.52. The monoisotopic (exact) mass is 464 g/mol. The van der Waals surface area contributed by atoms with Gasteiger partial charge in [0.2, 0.25) is 0 Å². The Morgan fingerprint density at radius 3 is 2.70 bits per heavy atom. The predicted molar refractivity (Wildman–Crippen MR) is 129 cm³/mol. The normalized spacial score (nSPS) is 16.5. The van der Waals surface area contributed by atoms with Crippen molar-refractivity contribution in [1.82, 2.24) is 25.0 Å². The lowest BCUT2D eigenvalue weighted by Gasteiger charge is -2.34. The number of H-pyrrole nitrogens is 1. The maximum absolute atomic E-state index is 12.1. The lowest BCUT2D eigenvalue weighted by atomic mass is 10.2. The van der Waals surface area contributed by atoms with Gasteiger partial charge in [-0.25, -0.2) is 18.1 Å². The van der Waals surface area contributed by atoms with Gasteiger partial charge in [0.15, 0.2) is 9.84 Å². The van der Waals surface area contributed by atoms with Gasteiger partial charge in [-0.2, -0.15) is 10.2 Å². The zero-order valence-corrected chi connectivity index (χ0v) is 19.6. The van der Waals surface area contributed by atoms with E-state index in [0.29, 0.717) is 30.1 Å². The largest absolute Gasteiger partial charge is 0.377 e. The van der Waals surface area contributed by atoms with Crippen molar-refractivity contribution in [1.29, 1.82) is 0 Å². The molecule has 3 aromatic heterocycles. The first-order chi connectivity index (χ1) is 15.9. The number of benzene rings is 1. The highest BCUT2D eigenvalue weighted by Crippen LogP contribution is 2.30. The summed E-state index contributed by atoms with van der Waals surface area (Å²) in [5, 5.41) is 11.8. The average molecular weight is 464 g/mol. The third kappa shape index (κ3) is 4.51. The fourth-order valence-electron chi connectivity index (χ4n) is 3.83. The van der Waals surface area contributed by atoms with Crippen LogP contribution in [0.5, 0.6) is 0 Å². The van der Waals surface area contributed by atoms with Gasteiger partial charge < -0.3 is 9.64 Å². The minimum absolute atomic E-state index is 0.218. The van der Waals surface area contributed by atoms with Crippen molar-refractivity contribution in [3.8, 4) is 17.1 Å². The summed E-state index contributed by atoms with van der Waals surface area (Å²) in [5.41, 5.74) is 3.53. The minimum Gasteiger partial charge on any atom is -0.377 e. The second kappa shape index (κ2) is 9.36. The number of nitrogens with one attached hydrogen (secondary N) is 1. The Hall–Kier alpha value is -3.18. The SMILES string of the molecule is CC1COCCN1c1ccc2c(n1)c(-c1ccn[nH]1)nn2-c1cccc(S(C)(=O)=O)c1.[B]C. The van der Waals surface area contributed by atoms with Gasteiger partial charge in [-0.05, 0) is 43.3 Å². The molecule has 1 aliphatic rings. The summed E-state index contributed by atoms with van der Waals surface area (Å²) in [6.45, 7) is 5.70. The number of pyridine rings is 1. The Balaban J connectivity index is 0.00000126. The Labute approximate surface area is 194 Å². The Morgan fingerprint density at radius 1 is 1.18 bits per heavy atom. The summed E-state index contributed by atoms with van der Waals surface area (Å²) < 4.78 is 31.4. The van der Waals surface area contributed by atoms with Gasteiger partial charge in [0.25, 0.3) is 0 Å². The summed E-state index contributed by atoms with van der Waals surface area (Å²) in [6.07, 6.45) is 2.86. The third-order valence-corrected chi connectivity index (χ3v) is 6.53. The molecule has 1 N–H and O–H groups in total. The lowest BCUT2D eigenvalue weighted by molar-refractivity contribution is 0.0986. The molecule has 5 rings (SSSR count). The van der Waals surface area contributed by atoms with Crippen LogP contribution in [-0.4, -0.2) is 73.3 Å². The number of aromatic nitrogens is 5. The summed E-state index contributed by atoms with van der Waals surface area (Å²) in [7, 11) is 1.16. The van der Waals surface area contributed by atoms with Gasteiger partial charge >= 0.3 is 0 Å². The van der Waals surface area contributed by atoms with E-state index in [1.54, 1.807) is 29.1 Å². The zero-order chi connectivity index (χ0) is 23.6. The molecule has 0 aliphatic carbocycles. The molecule has 1 fully saturated rings. The molecule has 1 unspecified atom stereocenters. The molecule has 1 saturated heterocycles. The van der Waals surface area contributed by atoms with Gasteiger partial charge in [0.05, 0.1) is 48.9 Å². The second-order valence-corrected chi connectivity index (χ2v) is 9.67. The highest BCUT2D eigenvalue weighted by molar-refractivity contribution is 7.90. The van der Waals surface area contributed by atoms with E-state index in [-0.39, 0.29) is 10.9 Å². The van der Waals surface area contributed by atoms with Crippen molar-refractivity contribution < 1.29 is 13.2 Å². The number of ether oxygens (including phenoxy) is 1. The molecule has 0 spiro atoms. The summed E-state index contributed by atoms with van der Waals surface area (Å²) in [4.78, 5) is 7.41. The number of anilines is 1. The van der Waals surface area contributed by atoms with Crippen LogP contribution in [0.3, 0.4) is 0 Å². The number of fused-ring (bicyclic) bond motifs is 1. The number of sulfone groups is 1. The number of morpholine rings is 1. The molecule has 11 heteroatoms. The van der Waals surface area contributed by atoms with Gasteiger partial charge in [-0.15, -0.1) is 0 Å². The number of rotatable bonds is 4. The highest BCUT2D eigenvalue weighted by atomic mass is 32.2. The van der Waals surface area contributed by atoms with Crippen LogP contribution in [0.2, 0.25) is 6.82 Å². The fraction of sp³-hybridized carbons (Fsp3) is 0.318. The van der Waals surface area contributed by atoms with E-state index in [1.807, 2.05) is 24.3 Å². The molecule has 4 heterocycles. The molecule has 1 aromatic carbocycles. The predicted octanol–water partition coefficient (Wildman–Crippen LogP) is 2.64. The van der Waals surface area contributed by atoms with Crippen LogP contribution in [0.4, 0.5) is 5.82 Å². The van der Waals surface area contributed by atoms with Crippen molar-refractivity contribution in [2.24, 2.45) is 0 Å².